The van der Waals surface area contributed by atoms with E-state index in [0.717, 1.165) is 33.9 Å². The second-order valence-electron chi connectivity index (χ2n) is 5.55. The number of aromatic nitrogens is 3. The number of nitrogens with zero attached hydrogens (tertiary/aromatic N) is 4. The van der Waals surface area contributed by atoms with Gasteiger partial charge in [0.15, 0.2) is 11.4 Å². The molecule has 23 heavy (non-hydrogen) atoms. The lowest BCUT2D eigenvalue weighted by molar-refractivity contribution is 0.1000. The van der Waals surface area contributed by atoms with Gasteiger partial charge in [0.05, 0.1) is 29.5 Å². The van der Waals surface area contributed by atoms with E-state index in [9.17, 15) is 4.79 Å². The molecule has 0 radical (unpaired) electrons. The molecule has 6 nitrogen and oxygen atoms in total. The smallest absolute Gasteiger partial charge is 0.184 e. The first-order valence-corrected chi connectivity index (χ1v) is 7.38. The number of ketones is 1. The average molecular weight is 305 g/mol. The average Bonchev–Trinajstić information content (AvgIpc) is 2.98. The molecule has 3 heterocycles. The van der Waals surface area contributed by atoms with Crippen LogP contribution < -0.4 is 5.73 Å². The summed E-state index contributed by atoms with van der Waals surface area (Å²) in [5.74, 6) is 0.0296. The Bertz CT molecular complexity index is 970. The third-order valence-electron chi connectivity index (χ3n) is 4.06. The van der Waals surface area contributed by atoms with Crippen molar-refractivity contribution in [2.24, 2.45) is 10.7 Å². The van der Waals surface area contributed by atoms with E-state index in [-0.39, 0.29) is 12.3 Å². The number of rotatable bonds is 2. The van der Waals surface area contributed by atoms with Gasteiger partial charge in [-0.3, -0.25) is 19.2 Å². The highest BCUT2D eigenvalue weighted by atomic mass is 16.1. The normalized spacial score (nSPS) is 14.0. The van der Waals surface area contributed by atoms with Gasteiger partial charge in [-0.1, -0.05) is 6.07 Å². The SMILES string of the molecule is Cc1cn2c(-c3ccc4c(c3)C(CN)=NCC4=O)cnc2cn1. The molecule has 2 N–H and O–H groups in total. The van der Waals surface area contributed by atoms with Crippen LogP contribution in [-0.4, -0.2) is 39.0 Å². The van der Waals surface area contributed by atoms with Crippen LogP contribution in [0.3, 0.4) is 0 Å². The van der Waals surface area contributed by atoms with Crippen molar-refractivity contribution in [3.05, 3.63) is 53.6 Å². The fourth-order valence-electron chi connectivity index (χ4n) is 2.90. The van der Waals surface area contributed by atoms with E-state index >= 15 is 0 Å². The van der Waals surface area contributed by atoms with Crippen LogP contribution in [0.4, 0.5) is 0 Å². The molecule has 3 aromatic rings. The monoisotopic (exact) mass is 305 g/mol. The van der Waals surface area contributed by atoms with E-state index in [1.165, 1.54) is 0 Å². The van der Waals surface area contributed by atoms with E-state index in [2.05, 4.69) is 15.0 Å². The molecule has 0 spiro atoms. The Morgan fingerprint density at radius 2 is 2.09 bits per heavy atom. The summed E-state index contributed by atoms with van der Waals surface area (Å²) in [4.78, 5) is 24.9. The number of carbonyl (C=O) groups is 1. The van der Waals surface area contributed by atoms with Crippen LogP contribution in [0.5, 0.6) is 0 Å². The number of nitrogens with two attached hydrogens (primary N) is 1. The first-order chi connectivity index (χ1) is 11.2. The summed E-state index contributed by atoms with van der Waals surface area (Å²) in [6.45, 7) is 2.44. The Balaban J connectivity index is 1.92. The van der Waals surface area contributed by atoms with Gasteiger partial charge in [-0.15, -0.1) is 0 Å². The lowest BCUT2D eigenvalue weighted by atomic mass is 9.94. The Morgan fingerprint density at radius 3 is 2.91 bits per heavy atom. The Labute approximate surface area is 132 Å². The Kier molecular flexibility index (Phi) is 3.06. The summed E-state index contributed by atoms with van der Waals surface area (Å²) in [6.07, 6.45) is 5.50. The summed E-state index contributed by atoms with van der Waals surface area (Å²) in [5.41, 5.74) is 11.7. The molecule has 0 fully saturated rings. The van der Waals surface area contributed by atoms with E-state index < -0.39 is 0 Å². The van der Waals surface area contributed by atoms with Gasteiger partial charge in [-0.25, -0.2) is 4.98 Å². The maximum atomic E-state index is 12.0. The largest absolute Gasteiger partial charge is 0.325 e. The quantitative estimate of drug-likeness (QED) is 0.780. The maximum absolute atomic E-state index is 12.0. The molecule has 4 rings (SSSR count). The number of hydrogen-bond donors (Lipinski definition) is 1. The molecule has 1 aliphatic heterocycles. The fraction of sp³-hybridized carbons (Fsp3) is 0.176. The third-order valence-corrected chi connectivity index (χ3v) is 4.06. The summed E-state index contributed by atoms with van der Waals surface area (Å²) >= 11 is 0. The van der Waals surface area contributed by atoms with E-state index in [1.54, 1.807) is 6.20 Å². The zero-order valence-corrected chi connectivity index (χ0v) is 12.7. The molecule has 0 bridgehead atoms. The second-order valence-corrected chi connectivity index (χ2v) is 5.55. The van der Waals surface area contributed by atoms with Crippen molar-refractivity contribution >= 4 is 17.1 Å². The molecule has 0 saturated heterocycles. The highest BCUT2D eigenvalue weighted by Gasteiger charge is 2.20. The van der Waals surface area contributed by atoms with Crippen LogP contribution in [0, 0.1) is 6.92 Å². The molecular formula is C17H15N5O. The second kappa shape index (κ2) is 5.10. The highest BCUT2D eigenvalue weighted by molar-refractivity contribution is 6.16. The number of Topliss-reactive ketones (excluding diaryl/α,β-unsaturated/α-hetero) is 1. The molecule has 2 aromatic heterocycles. The van der Waals surface area contributed by atoms with Crippen molar-refractivity contribution in [1.82, 2.24) is 14.4 Å². The van der Waals surface area contributed by atoms with E-state index in [0.29, 0.717) is 12.1 Å². The van der Waals surface area contributed by atoms with Crippen LogP contribution in [0.1, 0.15) is 21.6 Å². The van der Waals surface area contributed by atoms with Crippen molar-refractivity contribution in [3.63, 3.8) is 0 Å². The zero-order chi connectivity index (χ0) is 16.0. The van der Waals surface area contributed by atoms with Crippen molar-refractivity contribution < 1.29 is 4.79 Å². The van der Waals surface area contributed by atoms with E-state index in [4.69, 9.17) is 5.73 Å². The number of benzene rings is 1. The van der Waals surface area contributed by atoms with Crippen LogP contribution in [0.2, 0.25) is 0 Å². The van der Waals surface area contributed by atoms with E-state index in [1.807, 2.05) is 41.9 Å². The van der Waals surface area contributed by atoms with Crippen LogP contribution in [0.25, 0.3) is 16.9 Å². The van der Waals surface area contributed by atoms with Gasteiger partial charge in [-0.2, -0.15) is 0 Å². The molecule has 6 heteroatoms. The number of imidazole rings is 1. The maximum Gasteiger partial charge on any atom is 0.184 e. The van der Waals surface area contributed by atoms with Gasteiger partial charge in [-0.05, 0) is 19.1 Å². The van der Waals surface area contributed by atoms with Gasteiger partial charge in [0.2, 0.25) is 0 Å². The summed E-state index contributed by atoms with van der Waals surface area (Å²) < 4.78 is 1.99. The molecule has 0 atom stereocenters. The first kappa shape index (κ1) is 13.8. The minimum Gasteiger partial charge on any atom is -0.325 e. The molecule has 0 aliphatic carbocycles. The summed E-state index contributed by atoms with van der Waals surface area (Å²) in [7, 11) is 0. The van der Waals surface area contributed by atoms with Gasteiger partial charge < -0.3 is 5.73 Å². The number of hydrogen-bond acceptors (Lipinski definition) is 5. The number of carbonyl (C=O) groups excluding carboxylic acids is 1. The lowest BCUT2D eigenvalue weighted by Gasteiger charge is -2.16. The van der Waals surface area contributed by atoms with Gasteiger partial charge in [0, 0.05) is 29.4 Å². The van der Waals surface area contributed by atoms with Gasteiger partial charge in [0.25, 0.3) is 0 Å². The molecule has 1 aliphatic rings. The molecule has 0 saturated carbocycles. The van der Waals surface area contributed by atoms with Crippen molar-refractivity contribution in [2.45, 2.75) is 6.92 Å². The number of aryl methyl sites for hydroxylation is 1. The molecule has 114 valence electrons. The third kappa shape index (κ3) is 2.15. The zero-order valence-electron chi connectivity index (χ0n) is 12.7. The lowest BCUT2D eigenvalue weighted by Crippen LogP contribution is -2.25. The minimum absolute atomic E-state index is 0.0296. The van der Waals surface area contributed by atoms with Gasteiger partial charge >= 0.3 is 0 Å². The standard InChI is InChI=1S/C17H15N5O/c1-10-9-22-15(6-21-17(22)8-19-10)11-2-3-12-13(4-11)14(5-18)20-7-16(12)23/h2-4,6,8-9H,5,7,18H2,1H3. The fourth-order valence-corrected chi connectivity index (χ4v) is 2.90. The van der Waals surface area contributed by atoms with Crippen molar-refractivity contribution in [3.8, 4) is 11.3 Å². The Morgan fingerprint density at radius 1 is 1.22 bits per heavy atom. The first-order valence-electron chi connectivity index (χ1n) is 7.38. The molecule has 0 unspecified atom stereocenters. The Hall–Kier alpha value is -2.86. The predicted octanol–water partition coefficient (Wildman–Crippen LogP) is 1.65. The topological polar surface area (TPSA) is 85.6 Å². The van der Waals surface area contributed by atoms with Crippen LogP contribution in [0.15, 0.2) is 41.8 Å². The predicted molar refractivity (Wildman–Crippen MR) is 87.9 cm³/mol. The molecule has 0 amide bonds. The minimum atomic E-state index is 0.0296. The van der Waals surface area contributed by atoms with Gasteiger partial charge in [0.1, 0.15) is 6.54 Å². The number of aliphatic imine (C=N–C) groups is 1. The highest BCUT2D eigenvalue weighted by Crippen LogP contribution is 2.26. The molecule has 1 aromatic carbocycles. The van der Waals surface area contributed by atoms with Crippen LogP contribution >= 0.6 is 0 Å². The summed E-state index contributed by atoms with van der Waals surface area (Å²) in [5, 5.41) is 0. The van der Waals surface area contributed by atoms with Crippen molar-refractivity contribution in [1.29, 1.82) is 0 Å². The summed E-state index contributed by atoms with van der Waals surface area (Å²) in [6, 6.07) is 5.76. The molecular weight excluding hydrogens is 290 g/mol. The van der Waals surface area contributed by atoms with Crippen molar-refractivity contribution in [2.75, 3.05) is 13.1 Å². The van der Waals surface area contributed by atoms with Crippen LogP contribution in [-0.2, 0) is 0 Å². The number of fused-ring (bicyclic) bond motifs is 2.